The van der Waals surface area contributed by atoms with Crippen LogP contribution in [0.1, 0.15) is 38.3 Å². The molecule has 0 spiro atoms. The molecule has 6 unspecified atom stereocenters. The monoisotopic (exact) mass is 542 g/mol. The Bertz CT molecular complexity index is 1110. The van der Waals surface area contributed by atoms with Gasteiger partial charge in [-0.1, -0.05) is 62.7 Å². The fraction of sp³-hybridized carbons (Fsp3) is 0.429. The number of nitrogens with two attached hydrogens (primary N) is 1. The number of hydrogen-bond donors (Lipinski definition) is 7. The first-order chi connectivity index (χ1) is 18.4. The molecular weight excluding hydrogens is 504 g/mol. The lowest BCUT2D eigenvalue weighted by molar-refractivity contribution is -0.142. The zero-order chi connectivity index (χ0) is 29.1. The van der Waals surface area contributed by atoms with Crippen molar-refractivity contribution in [2.45, 2.75) is 70.3 Å². The molecule has 0 fully saturated rings. The van der Waals surface area contributed by atoms with E-state index in [0.29, 0.717) is 12.0 Å². The molecule has 3 amide bonds. The molecule has 0 aliphatic heterocycles. The van der Waals surface area contributed by atoms with E-state index < -0.39 is 54.0 Å². The molecule has 0 saturated carbocycles. The van der Waals surface area contributed by atoms with Gasteiger partial charge in [0.15, 0.2) is 0 Å². The maximum Gasteiger partial charge on any atom is 0.326 e. The molecule has 39 heavy (non-hydrogen) atoms. The highest BCUT2D eigenvalue weighted by molar-refractivity contribution is 5.94. The summed E-state index contributed by atoms with van der Waals surface area (Å²) in [5.41, 5.74) is 7.07. The lowest BCUT2D eigenvalue weighted by atomic mass is 9.96. The molecule has 0 saturated heterocycles. The van der Waals surface area contributed by atoms with Crippen LogP contribution >= 0.6 is 0 Å². The molecule has 0 aliphatic rings. The Morgan fingerprint density at radius 1 is 0.795 bits per heavy atom. The van der Waals surface area contributed by atoms with Gasteiger partial charge in [0.25, 0.3) is 0 Å². The Balaban J connectivity index is 2.25. The van der Waals surface area contributed by atoms with Crippen molar-refractivity contribution in [2.24, 2.45) is 11.7 Å². The second kappa shape index (κ2) is 14.8. The van der Waals surface area contributed by atoms with Crippen LogP contribution in [0.4, 0.5) is 0 Å². The molecule has 11 nitrogen and oxygen atoms in total. The molecule has 2 rings (SSSR count). The number of carbonyl (C=O) groups is 4. The zero-order valence-corrected chi connectivity index (χ0v) is 22.3. The van der Waals surface area contributed by atoms with E-state index in [1.807, 2.05) is 6.92 Å². The Labute approximate surface area is 227 Å². The van der Waals surface area contributed by atoms with Gasteiger partial charge in [-0.15, -0.1) is 0 Å². The van der Waals surface area contributed by atoms with Crippen molar-refractivity contribution in [1.29, 1.82) is 0 Å². The first-order valence-electron chi connectivity index (χ1n) is 12.8. The predicted octanol–water partition coefficient (Wildman–Crippen LogP) is 0.471. The number of aliphatic carboxylic acids is 1. The highest BCUT2D eigenvalue weighted by Gasteiger charge is 2.33. The van der Waals surface area contributed by atoms with Crippen LogP contribution in [-0.2, 0) is 32.0 Å². The number of aromatic hydroxyl groups is 1. The molecule has 0 aromatic heterocycles. The van der Waals surface area contributed by atoms with E-state index >= 15 is 0 Å². The Hall–Kier alpha value is -3.96. The Kier molecular flexibility index (Phi) is 11.9. The SMILES string of the molecule is CCC(C)C(NC(=O)C(Cc1ccc(O)cc1)NC(=O)C(N)C(C)O)C(=O)NC(Cc1ccccc1)C(=O)O. The van der Waals surface area contributed by atoms with Crippen molar-refractivity contribution in [3.63, 3.8) is 0 Å². The standard InChI is InChI=1S/C28H38N4O7/c1-4-16(2)24(27(37)31-22(28(38)39)15-18-8-6-5-7-9-18)32-25(35)21(30-26(36)23(29)17(3)33)14-19-10-12-20(34)13-11-19/h5-13,16-17,21-24,33-34H,4,14-15,29H2,1-3H3,(H,30,36)(H,31,37)(H,32,35)(H,38,39). The topological polar surface area (TPSA) is 191 Å². The number of hydrogen-bond acceptors (Lipinski definition) is 7. The van der Waals surface area contributed by atoms with Gasteiger partial charge in [0, 0.05) is 12.8 Å². The summed E-state index contributed by atoms with van der Waals surface area (Å²) in [4.78, 5) is 51.2. The second-order valence-electron chi connectivity index (χ2n) is 9.66. The maximum absolute atomic E-state index is 13.4. The first kappa shape index (κ1) is 31.3. The van der Waals surface area contributed by atoms with Crippen LogP contribution in [-0.4, -0.2) is 69.3 Å². The number of nitrogens with one attached hydrogen (secondary N) is 3. The Morgan fingerprint density at radius 3 is 1.87 bits per heavy atom. The largest absolute Gasteiger partial charge is 0.508 e. The van der Waals surface area contributed by atoms with Crippen LogP contribution in [0, 0.1) is 5.92 Å². The van der Waals surface area contributed by atoms with Gasteiger partial charge >= 0.3 is 5.97 Å². The lowest BCUT2D eigenvalue weighted by Crippen LogP contribution is -2.60. The van der Waals surface area contributed by atoms with E-state index in [1.165, 1.54) is 19.1 Å². The molecule has 0 bridgehead atoms. The number of amides is 3. The fourth-order valence-electron chi connectivity index (χ4n) is 3.83. The number of aliphatic hydroxyl groups excluding tert-OH is 1. The normalized spacial score (nSPS) is 15.6. The van der Waals surface area contributed by atoms with E-state index in [9.17, 15) is 34.5 Å². The summed E-state index contributed by atoms with van der Waals surface area (Å²) in [5.74, 6) is -3.68. The lowest BCUT2D eigenvalue weighted by Gasteiger charge is -2.28. The summed E-state index contributed by atoms with van der Waals surface area (Å²) in [6, 6.07) is 10.1. The zero-order valence-electron chi connectivity index (χ0n) is 22.3. The molecule has 8 N–H and O–H groups in total. The van der Waals surface area contributed by atoms with Crippen LogP contribution in [0.5, 0.6) is 5.75 Å². The molecular formula is C28H38N4O7. The van der Waals surface area contributed by atoms with Crippen molar-refractivity contribution in [3.8, 4) is 5.75 Å². The highest BCUT2D eigenvalue weighted by Crippen LogP contribution is 2.14. The minimum absolute atomic E-state index is 0.00495. The molecule has 11 heteroatoms. The smallest absolute Gasteiger partial charge is 0.326 e. The molecule has 6 atom stereocenters. The third kappa shape index (κ3) is 9.69. The molecule has 0 radical (unpaired) electrons. The van der Waals surface area contributed by atoms with E-state index in [2.05, 4.69) is 16.0 Å². The second-order valence-corrected chi connectivity index (χ2v) is 9.66. The van der Waals surface area contributed by atoms with Gasteiger partial charge < -0.3 is 37.0 Å². The van der Waals surface area contributed by atoms with Crippen molar-refractivity contribution < 1.29 is 34.5 Å². The van der Waals surface area contributed by atoms with E-state index in [1.54, 1.807) is 49.4 Å². The van der Waals surface area contributed by atoms with Gasteiger partial charge in [0.05, 0.1) is 6.10 Å². The first-order valence-corrected chi connectivity index (χ1v) is 12.8. The van der Waals surface area contributed by atoms with Gasteiger partial charge in [-0.05, 0) is 36.1 Å². The van der Waals surface area contributed by atoms with E-state index in [-0.39, 0.29) is 24.5 Å². The number of carbonyl (C=O) groups excluding carboxylic acids is 3. The summed E-state index contributed by atoms with van der Waals surface area (Å²) in [6.45, 7) is 4.92. The van der Waals surface area contributed by atoms with E-state index in [0.717, 1.165) is 5.56 Å². The van der Waals surface area contributed by atoms with E-state index in [4.69, 9.17) is 5.73 Å². The minimum atomic E-state index is -1.29. The van der Waals surface area contributed by atoms with Crippen molar-refractivity contribution in [2.75, 3.05) is 0 Å². The van der Waals surface area contributed by atoms with Crippen molar-refractivity contribution in [3.05, 3.63) is 65.7 Å². The van der Waals surface area contributed by atoms with Crippen LogP contribution in [0.3, 0.4) is 0 Å². The van der Waals surface area contributed by atoms with Gasteiger partial charge in [-0.25, -0.2) is 4.79 Å². The molecule has 2 aromatic carbocycles. The quantitative estimate of drug-likeness (QED) is 0.179. The van der Waals surface area contributed by atoms with Crippen LogP contribution in [0.2, 0.25) is 0 Å². The van der Waals surface area contributed by atoms with Gasteiger partial charge in [-0.3, -0.25) is 14.4 Å². The summed E-state index contributed by atoms with van der Waals surface area (Å²) in [6.07, 6.45) is -0.611. The summed E-state index contributed by atoms with van der Waals surface area (Å²) in [7, 11) is 0. The molecule has 0 heterocycles. The van der Waals surface area contributed by atoms with Crippen molar-refractivity contribution in [1.82, 2.24) is 16.0 Å². The highest BCUT2D eigenvalue weighted by atomic mass is 16.4. The predicted molar refractivity (Wildman–Crippen MR) is 144 cm³/mol. The fourth-order valence-corrected chi connectivity index (χ4v) is 3.83. The average Bonchev–Trinajstić information content (AvgIpc) is 2.91. The summed E-state index contributed by atoms with van der Waals surface area (Å²) >= 11 is 0. The van der Waals surface area contributed by atoms with Gasteiger partial charge in [-0.2, -0.15) is 0 Å². The number of phenolic OH excluding ortho intramolecular Hbond substituents is 1. The number of benzene rings is 2. The number of carboxylic acid groups (broad SMARTS) is 1. The Morgan fingerprint density at radius 2 is 1.33 bits per heavy atom. The third-order valence-electron chi connectivity index (χ3n) is 6.52. The molecule has 212 valence electrons. The van der Waals surface area contributed by atoms with Gasteiger partial charge in [0.1, 0.15) is 29.9 Å². The third-order valence-corrected chi connectivity index (χ3v) is 6.52. The number of carboxylic acids is 1. The summed E-state index contributed by atoms with van der Waals surface area (Å²) in [5, 5.41) is 36.7. The number of rotatable bonds is 14. The average molecular weight is 543 g/mol. The molecule has 0 aliphatic carbocycles. The van der Waals surface area contributed by atoms with Crippen LogP contribution in [0.25, 0.3) is 0 Å². The maximum atomic E-state index is 13.4. The number of phenols is 1. The minimum Gasteiger partial charge on any atom is -0.508 e. The molecule has 2 aromatic rings. The van der Waals surface area contributed by atoms with Crippen LogP contribution < -0.4 is 21.7 Å². The van der Waals surface area contributed by atoms with Crippen molar-refractivity contribution >= 4 is 23.7 Å². The number of aliphatic hydroxyl groups is 1. The summed E-state index contributed by atoms with van der Waals surface area (Å²) < 4.78 is 0. The van der Waals surface area contributed by atoms with Gasteiger partial charge in [0.2, 0.25) is 17.7 Å². The van der Waals surface area contributed by atoms with Crippen LogP contribution in [0.15, 0.2) is 54.6 Å².